The molecule has 0 heterocycles. The molecule has 1 aromatic rings. The monoisotopic (exact) mass is 219 g/mol. The maximum absolute atomic E-state index is 11.5. The summed E-state index contributed by atoms with van der Waals surface area (Å²) in [5, 5.41) is 0. The van der Waals surface area contributed by atoms with E-state index in [1.165, 1.54) is 19.3 Å². The molecule has 0 amide bonds. The third-order valence-corrected chi connectivity index (χ3v) is 3.00. The number of nitrogen functional groups attached to an aromatic ring is 1. The molecule has 3 nitrogen and oxygen atoms in total. The Morgan fingerprint density at radius 3 is 2.88 bits per heavy atom. The van der Waals surface area contributed by atoms with Crippen molar-refractivity contribution >= 4 is 11.7 Å². The predicted octanol–water partition coefficient (Wildman–Crippen LogP) is 2.15. The molecular formula is C13H17NO2. The molecule has 2 N–H and O–H groups in total. The lowest BCUT2D eigenvalue weighted by molar-refractivity contribution is -0.145. The van der Waals surface area contributed by atoms with Gasteiger partial charge in [0, 0.05) is 5.69 Å². The highest BCUT2D eigenvalue weighted by Gasteiger charge is 2.19. The molecule has 0 saturated heterocycles. The zero-order chi connectivity index (χ0) is 11.4. The van der Waals surface area contributed by atoms with Crippen molar-refractivity contribution in [2.24, 2.45) is 5.92 Å². The summed E-state index contributed by atoms with van der Waals surface area (Å²) in [6.07, 6.45) is 3.99. The van der Waals surface area contributed by atoms with E-state index in [0.717, 1.165) is 5.56 Å². The molecule has 1 aliphatic rings. The topological polar surface area (TPSA) is 52.3 Å². The summed E-state index contributed by atoms with van der Waals surface area (Å²) in [5.74, 6) is 0.447. The number of benzene rings is 1. The Labute approximate surface area is 95.6 Å². The van der Waals surface area contributed by atoms with Gasteiger partial charge in [0.15, 0.2) is 0 Å². The average molecular weight is 219 g/mol. The predicted molar refractivity (Wildman–Crippen MR) is 62.9 cm³/mol. The van der Waals surface area contributed by atoms with Crippen molar-refractivity contribution in [2.75, 3.05) is 12.3 Å². The van der Waals surface area contributed by atoms with E-state index in [0.29, 0.717) is 24.6 Å². The molecule has 0 bridgehead atoms. The molecule has 1 aliphatic carbocycles. The van der Waals surface area contributed by atoms with Crippen LogP contribution in [0.4, 0.5) is 5.69 Å². The van der Waals surface area contributed by atoms with E-state index in [-0.39, 0.29) is 5.97 Å². The van der Waals surface area contributed by atoms with Crippen LogP contribution in [0.2, 0.25) is 0 Å². The molecule has 0 unspecified atom stereocenters. The summed E-state index contributed by atoms with van der Waals surface area (Å²) in [6, 6.07) is 7.36. The molecule has 0 aliphatic heterocycles. The Kier molecular flexibility index (Phi) is 3.44. The normalized spacial score (nSPS) is 15.5. The van der Waals surface area contributed by atoms with Crippen LogP contribution in [-0.2, 0) is 16.0 Å². The first kappa shape index (κ1) is 11.0. The van der Waals surface area contributed by atoms with Crippen LogP contribution in [-0.4, -0.2) is 12.6 Å². The van der Waals surface area contributed by atoms with Crippen molar-refractivity contribution < 1.29 is 9.53 Å². The summed E-state index contributed by atoms with van der Waals surface area (Å²) in [7, 11) is 0. The number of carbonyl (C=O) groups excluding carboxylic acids is 1. The van der Waals surface area contributed by atoms with Gasteiger partial charge in [0.05, 0.1) is 13.0 Å². The molecule has 0 atom stereocenters. The highest BCUT2D eigenvalue weighted by atomic mass is 16.5. The number of rotatable bonds is 4. The van der Waals surface area contributed by atoms with E-state index in [1.807, 2.05) is 24.3 Å². The number of esters is 1. The van der Waals surface area contributed by atoms with Crippen LogP contribution in [0.1, 0.15) is 24.8 Å². The minimum atomic E-state index is -0.155. The first-order valence-electron chi connectivity index (χ1n) is 5.74. The van der Waals surface area contributed by atoms with Gasteiger partial charge in [-0.15, -0.1) is 0 Å². The zero-order valence-corrected chi connectivity index (χ0v) is 9.32. The van der Waals surface area contributed by atoms with Crippen LogP contribution in [0.25, 0.3) is 0 Å². The number of nitrogens with two attached hydrogens (primary N) is 1. The fraction of sp³-hybridized carbons (Fsp3) is 0.462. The van der Waals surface area contributed by atoms with Gasteiger partial charge >= 0.3 is 5.97 Å². The Hall–Kier alpha value is -1.51. The van der Waals surface area contributed by atoms with Crippen LogP contribution in [0.5, 0.6) is 0 Å². The molecule has 86 valence electrons. The summed E-state index contributed by atoms with van der Waals surface area (Å²) in [5.41, 5.74) is 7.23. The maximum Gasteiger partial charge on any atom is 0.310 e. The number of hydrogen-bond donors (Lipinski definition) is 1. The van der Waals surface area contributed by atoms with Gasteiger partial charge in [-0.05, 0) is 36.5 Å². The molecule has 1 aromatic carbocycles. The molecule has 0 spiro atoms. The van der Waals surface area contributed by atoms with Gasteiger partial charge < -0.3 is 10.5 Å². The lowest BCUT2D eigenvalue weighted by Crippen LogP contribution is -2.20. The van der Waals surface area contributed by atoms with E-state index >= 15 is 0 Å². The van der Waals surface area contributed by atoms with Crippen molar-refractivity contribution in [2.45, 2.75) is 25.7 Å². The molecule has 0 radical (unpaired) electrons. The van der Waals surface area contributed by atoms with Gasteiger partial charge in [0.25, 0.3) is 0 Å². The van der Waals surface area contributed by atoms with Crippen LogP contribution >= 0.6 is 0 Å². The smallest absolute Gasteiger partial charge is 0.310 e. The van der Waals surface area contributed by atoms with E-state index < -0.39 is 0 Å². The lowest BCUT2D eigenvalue weighted by atomic mass is 9.86. The Bertz CT molecular complexity index is 372. The van der Waals surface area contributed by atoms with Crippen LogP contribution < -0.4 is 5.73 Å². The second-order valence-corrected chi connectivity index (χ2v) is 4.40. The quantitative estimate of drug-likeness (QED) is 0.623. The van der Waals surface area contributed by atoms with Crippen LogP contribution in [0.3, 0.4) is 0 Å². The van der Waals surface area contributed by atoms with Gasteiger partial charge in [0.2, 0.25) is 0 Å². The standard InChI is InChI=1S/C13H17NO2/c14-12-6-2-5-11(7-12)8-13(15)16-9-10-3-1-4-10/h2,5-7,10H,1,3-4,8-9,14H2. The molecule has 1 fully saturated rings. The fourth-order valence-corrected chi connectivity index (χ4v) is 1.79. The third kappa shape index (κ3) is 2.99. The Morgan fingerprint density at radius 1 is 1.44 bits per heavy atom. The minimum absolute atomic E-state index is 0.155. The average Bonchev–Trinajstić information content (AvgIpc) is 2.15. The summed E-state index contributed by atoms with van der Waals surface area (Å²) in [6.45, 7) is 0.584. The van der Waals surface area contributed by atoms with Gasteiger partial charge in [-0.2, -0.15) is 0 Å². The molecule has 3 heteroatoms. The van der Waals surface area contributed by atoms with Crippen LogP contribution in [0, 0.1) is 5.92 Å². The molecule has 1 saturated carbocycles. The molecule has 2 rings (SSSR count). The summed E-state index contributed by atoms with van der Waals surface area (Å²) >= 11 is 0. The van der Waals surface area contributed by atoms with Crippen molar-refractivity contribution in [1.82, 2.24) is 0 Å². The minimum Gasteiger partial charge on any atom is -0.465 e. The molecule has 16 heavy (non-hydrogen) atoms. The van der Waals surface area contributed by atoms with Gasteiger partial charge in [-0.1, -0.05) is 18.6 Å². The second kappa shape index (κ2) is 5.01. The largest absolute Gasteiger partial charge is 0.465 e. The molecule has 0 aromatic heterocycles. The summed E-state index contributed by atoms with van der Waals surface area (Å²) in [4.78, 5) is 11.5. The third-order valence-electron chi connectivity index (χ3n) is 3.00. The van der Waals surface area contributed by atoms with Crippen molar-refractivity contribution in [3.63, 3.8) is 0 Å². The SMILES string of the molecule is Nc1cccc(CC(=O)OCC2CCC2)c1. The number of ether oxygens (including phenoxy) is 1. The van der Waals surface area contributed by atoms with Gasteiger partial charge in [0.1, 0.15) is 0 Å². The first-order chi connectivity index (χ1) is 7.74. The van der Waals surface area contributed by atoms with Crippen LogP contribution in [0.15, 0.2) is 24.3 Å². The fourth-order valence-electron chi connectivity index (χ4n) is 1.79. The van der Waals surface area contributed by atoms with Crippen molar-refractivity contribution in [3.05, 3.63) is 29.8 Å². The number of anilines is 1. The van der Waals surface area contributed by atoms with Crippen molar-refractivity contribution in [3.8, 4) is 0 Å². The zero-order valence-electron chi connectivity index (χ0n) is 9.32. The Balaban J connectivity index is 1.77. The lowest BCUT2D eigenvalue weighted by Gasteiger charge is -2.24. The molecular weight excluding hydrogens is 202 g/mol. The highest BCUT2D eigenvalue weighted by Crippen LogP contribution is 2.26. The van der Waals surface area contributed by atoms with Gasteiger partial charge in [-0.25, -0.2) is 0 Å². The van der Waals surface area contributed by atoms with Crippen molar-refractivity contribution in [1.29, 1.82) is 0 Å². The second-order valence-electron chi connectivity index (χ2n) is 4.40. The number of carbonyl (C=O) groups is 1. The Morgan fingerprint density at radius 2 is 2.25 bits per heavy atom. The highest BCUT2D eigenvalue weighted by molar-refractivity contribution is 5.73. The van der Waals surface area contributed by atoms with Gasteiger partial charge in [-0.3, -0.25) is 4.79 Å². The maximum atomic E-state index is 11.5. The van der Waals surface area contributed by atoms with E-state index in [1.54, 1.807) is 0 Å². The summed E-state index contributed by atoms with van der Waals surface area (Å²) < 4.78 is 5.21. The first-order valence-corrected chi connectivity index (χ1v) is 5.74. The van der Waals surface area contributed by atoms with E-state index in [4.69, 9.17) is 10.5 Å². The number of hydrogen-bond acceptors (Lipinski definition) is 3. The van der Waals surface area contributed by atoms with E-state index in [9.17, 15) is 4.79 Å². The van der Waals surface area contributed by atoms with E-state index in [2.05, 4.69) is 0 Å².